The minimum atomic E-state index is -0.334. The highest BCUT2D eigenvalue weighted by atomic mass is 79.9. The number of thiocarbonyl (C=S) groups is 1. The molecule has 1 amide bonds. The van der Waals surface area contributed by atoms with E-state index in [0.717, 1.165) is 15.7 Å². The second-order valence-corrected chi connectivity index (χ2v) is 6.13. The van der Waals surface area contributed by atoms with Crippen molar-refractivity contribution in [3.05, 3.63) is 58.6 Å². The van der Waals surface area contributed by atoms with E-state index < -0.39 is 0 Å². The van der Waals surface area contributed by atoms with Crippen LogP contribution in [0.3, 0.4) is 0 Å². The Labute approximate surface area is 160 Å². The molecule has 0 radical (unpaired) electrons. The fourth-order valence-corrected chi connectivity index (χ4v) is 2.59. The first-order valence-electron chi connectivity index (χ1n) is 7.30. The molecule has 25 heavy (non-hydrogen) atoms. The summed E-state index contributed by atoms with van der Waals surface area (Å²) in [4.78, 5) is 12.0. The fourth-order valence-electron chi connectivity index (χ4n) is 2.00. The first-order chi connectivity index (χ1) is 12.0. The molecule has 0 fully saturated rings. The van der Waals surface area contributed by atoms with Gasteiger partial charge in [-0.1, -0.05) is 18.2 Å². The maximum absolute atomic E-state index is 12.0. The van der Waals surface area contributed by atoms with Crippen molar-refractivity contribution in [3.8, 4) is 11.5 Å². The predicted molar refractivity (Wildman–Crippen MR) is 107 cm³/mol. The Morgan fingerprint density at radius 1 is 1.12 bits per heavy atom. The molecule has 2 N–H and O–H groups in total. The minimum absolute atomic E-state index is 0.217. The molecule has 2 aromatic carbocycles. The third kappa shape index (κ3) is 5.58. The summed E-state index contributed by atoms with van der Waals surface area (Å²) in [5.41, 5.74) is 1.58. The van der Waals surface area contributed by atoms with Gasteiger partial charge in [0.25, 0.3) is 0 Å². The molecule has 0 unspecified atom stereocenters. The Balaban J connectivity index is 1.96. The first-order valence-corrected chi connectivity index (χ1v) is 8.50. The highest BCUT2D eigenvalue weighted by Crippen LogP contribution is 2.27. The normalized spacial score (nSPS) is 10.4. The Hall–Kier alpha value is -2.38. The number of anilines is 1. The van der Waals surface area contributed by atoms with Gasteiger partial charge in [-0.15, -0.1) is 0 Å². The molecule has 0 saturated heterocycles. The maximum atomic E-state index is 12.0. The van der Waals surface area contributed by atoms with Gasteiger partial charge in [0.1, 0.15) is 0 Å². The van der Waals surface area contributed by atoms with Crippen molar-refractivity contribution in [2.75, 3.05) is 19.5 Å². The van der Waals surface area contributed by atoms with E-state index in [1.165, 1.54) is 6.08 Å². The van der Waals surface area contributed by atoms with Crippen molar-refractivity contribution in [2.24, 2.45) is 0 Å². The third-order valence-electron chi connectivity index (χ3n) is 3.19. The second kappa shape index (κ2) is 9.19. The number of nitrogens with one attached hydrogen (secondary N) is 2. The van der Waals surface area contributed by atoms with Gasteiger partial charge in [0.2, 0.25) is 5.91 Å². The molecule has 0 aliphatic rings. The first kappa shape index (κ1) is 19.0. The van der Waals surface area contributed by atoms with Crippen LogP contribution in [0.1, 0.15) is 5.56 Å². The van der Waals surface area contributed by atoms with Crippen LogP contribution in [-0.2, 0) is 4.79 Å². The molecular formula is C18H17BrN2O3S. The Morgan fingerprint density at radius 3 is 2.52 bits per heavy atom. The monoisotopic (exact) mass is 420 g/mol. The summed E-state index contributed by atoms with van der Waals surface area (Å²) >= 11 is 8.55. The van der Waals surface area contributed by atoms with Crippen LogP contribution in [0.5, 0.6) is 11.5 Å². The van der Waals surface area contributed by atoms with Gasteiger partial charge < -0.3 is 14.8 Å². The number of amides is 1. The molecule has 0 aromatic heterocycles. The van der Waals surface area contributed by atoms with Crippen LogP contribution in [0.15, 0.2) is 53.0 Å². The number of halogens is 1. The molecule has 5 nitrogen and oxygen atoms in total. The number of para-hydroxylation sites is 1. The number of rotatable bonds is 5. The van der Waals surface area contributed by atoms with Gasteiger partial charge in [0.05, 0.1) is 19.9 Å². The molecular weight excluding hydrogens is 404 g/mol. The van der Waals surface area contributed by atoms with Crippen molar-refractivity contribution >= 4 is 50.9 Å². The van der Waals surface area contributed by atoms with Crippen molar-refractivity contribution in [3.63, 3.8) is 0 Å². The van der Waals surface area contributed by atoms with Crippen LogP contribution in [0.25, 0.3) is 6.08 Å². The number of carbonyl (C=O) groups excluding carboxylic acids is 1. The molecule has 0 aliphatic heterocycles. The summed E-state index contributed by atoms with van der Waals surface area (Å²) in [5.74, 6) is 0.887. The van der Waals surface area contributed by atoms with Crippen molar-refractivity contribution < 1.29 is 14.3 Å². The lowest BCUT2D eigenvalue weighted by atomic mass is 10.2. The van der Waals surface area contributed by atoms with Crippen molar-refractivity contribution in [2.45, 2.75) is 0 Å². The van der Waals surface area contributed by atoms with Crippen LogP contribution in [-0.4, -0.2) is 25.2 Å². The SMILES string of the molecule is COc1ccc(/C=C/C(=O)NC(=S)Nc2ccccc2Br)cc1OC. The van der Waals surface area contributed by atoms with Gasteiger partial charge in [0, 0.05) is 10.5 Å². The van der Waals surface area contributed by atoms with Crippen LogP contribution in [0.2, 0.25) is 0 Å². The smallest absolute Gasteiger partial charge is 0.250 e. The topological polar surface area (TPSA) is 59.6 Å². The Kier molecular flexibility index (Phi) is 6.97. The fraction of sp³-hybridized carbons (Fsp3) is 0.111. The van der Waals surface area contributed by atoms with E-state index >= 15 is 0 Å². The molecule has 0 bridgehead atoms. The number of carbonyl (C=O) groups is 1. The zero-order valence-corrected chi connectivity index (χ0v) is 16.1. The van der Waals surface area contributed by atoms with Gasteiger partial charge in [-0.2, -0.15) is 0 Å². The zero-order valence-electron chi connectivity index (χ0n) is 13.7. The number of benzene rings is 2. The standard InChI is InChI=1S/C18H17BrN2O3S/c1-23-15-9-7-12(11-16(15)24-2)8-10-17(22)21-18(25)20-14-6-4-3-5-13(14)19/h3-11H,1-2H3,(H2,20,21,22,25)/b10-8+. The largest absolute Gasteiger partial charge is 0.493 e. The third-order valence-corrected chi connectivity index (χ3v) is 4.09. The van der Waals surface area contributed by atoms with Crippen LogP contribution >= 0.6 is 28.1 Å². The summed E-state index contributed by atoms with van der Waals surface area (Å²) < 4.78 is 11.3. The Morgan fingerprint density at radius 2 is 1.84 bits per heavy atom. The number of ether oxygens (including phenoxy) is 2. The van der Waals surface area contributed by atoms with Crippen LogP contribution in [0.4, 0.5) is 5.69 Å². The van der Waals surface area contributed by atoms with Gasteiger partial charge >= 0.3 is 0 Å². The summed E-state index contributed by atoms with van der Waals surface area (Å²) in [5, 5.41) is 5.77. The lowest BCUT2D eigenvalue weighted by Crippen LogP contribution is -2.32. The van der Waals surface area contributed by atoms with Crippen LogP contribution < -0.4 is 20.1 Å². The summed E-state index contributed by atoms with van der Waals surface area (Å²) in [7, 11) is 3.13. The average Bonchev–Trinajstić information content (AvgIpc) is 2.61. The molecule has 0 atom stereocenters. The molecule has 2 aromatic rings. The Bertz CT molecular complexity index is 809. The van der Waals surface area contributed by atoms with E-state index in [0.29, 0.717) is 11.5 Å². The molecule has 0 spiro atoms. The minimum Gasteiger partial charge on any atom is -0.493 e. The van der Waals surface area contributed by atoms with Gasteiger partial charge in [-0.3, -0.25) is 10.1 Å². The molecule has 7 heteroatoms. The van der Waals surface area contributed by atoms with E-state index in [4.69, 9.17) is 21.7 Å². The van der Waals surface area contributed by atoms with E-state index in [1.54, 1.807) is 32.4 Å². The molecule has 130 valence electrons. The van der Waals surface area contributed by atoms with Gasteiger partial charge in [0.15, 0.2) is 16.6 Å². The lowest BCUT2D eigenvalue weighted by molar-refractivity contribution is -0.115. The van der Waals surface area contributed by atoms with Gasteiger partial charge in [-0.05, 0) is 64.1 Å². The molecule has 0 saturated carbocycles. The highest BCUT2D eigenvalue weighted by molar-refractivity contribution is 9.10. The van der Waals surface area contributed by atoms with Crippen molar-refractivity contribution in [1.82, 2.24) is 5.32 Å². The number of methoxy groups -OCH3 is 2. The quantitative estimate of drug-likeness (QED) is 0.565. The molecule has 0 heterocycles. The van der Waals surface area contributed by atoms with Crippen LogP contribution in [0, 0.1) is 0 Å². The van der Waals surface area contributed by atoms with E-state index in [2.05, 4.69) is 26.6 Å². The zero-order chi connectivity index (χ0) is 18.2. The number of hydrogen-bond acceptors (Lipinski definition) is 4. The molecule has 2 rings (SSSR count). The second-order valence-electron chi connectivity index (χ2n) is 4.87. The highest BCUT2D eigenvalue weighted by Gasteiger charge is 2.05. The van der Waals surface area contributed by atoms with Crippen molar-refractivity contribution in [1.29, 1.82) is 0 Å². The average molecular weight is 421 g/mol. The van der Waals surface area contributed by atoms with E-state index in [9.17, 15) is 4.79 Å². The van der Waals surface area contributed by atoms with E-state index in [-0.39, 0.29) is 11.0 Å². The van der Waals surface area contributed by atoms with Gasteiger partial charge in [-0.25, -0.2) is 0 Å². The lowest BCUT2D eigenvalue weighted by Gasteiger charge is -2.09. The summed E-state index contributed by atoms with van der Waals surface area (Å²) in [6, 6.07) is 12.9. The molecule has 0 aliphatic carbocycles. The predicted octanol–water partition coefficient (Wildman–Crippen LogP) is 3.99. The maximum Gasteiger partial charge on any atom is 0.250 e. The van der Waals surface area contributed by atoms with E-state index in [1.807, 2.05) is 30.3 Å². The summed E-state index contributed by atoms with van der Waals surface area (Å²) in [6.07, 6.45) is 3.06. The number of hydrogen-bond donors (Lipinski definition) is 2. The summed E-state index contributed by atoms with van der Waals surface area (Å²) in [6.45, 7) is 0.